The third-order valence-electron chi connectivity index (χ3n) is 3.18. The molecule has 1 unspecified atom stereocenters. The van der Waals surface area contributed by atoms with Crippen LogP contribution in [0.25, 0.3) is 0 Å². The van der Waals surface area contributed by atoms with E-state index in [0.29, 0.717) is 5.88 Å². The standard InChI is InChI=1S/C16H19BrN2O/c1-3-14(18)8-12-5-7-16(19-10-12)20-15-9-13(17)6-4-11(15)2/h4-7,9-10,14H,3,8,18H2,1-2H3. The molecule has 0 fully saturated rings. The molecule has 0 bridgehead atoms. The molecule has 1 aromatic heterocycles. The maximum absolute atomic E-state index is 5.94. The van der Waals surface area contributed by atoms with Crippen LogP contribution < -0.4 is 10.5 Å². The molecule has 0 amide bonds. The summed E-state index contributed by atoms with van der Waals surface area (Å²) in [5, 5.41) is 0. The Hall–Kier alpha value is -1.39. The van der Waals surface area contributed by atoms with Crippen LogP contribution in [0.3, 0.4) is 0 Å². The fourth-order valence-electron chi connectivity index (χ4n) is 1.84. The maximum Gasteiger partial charge on any atom is 0.219 e. The highest BCUT2D eigenvalue weighted by Gasteiger charge is 2.05. The zero-order valence-corrected chi connectivity index (χ0v) is 13.4. The summed E-state index contributed by atoms with van der Waals surface area (Å²) in [5.41, 5.74) is 8.15. The smallest absolute Gasteiger partial charge is 0.219 e. The van der Waals surface area contributed by atoms with Gasteiger partial charge >= 0.3 is 0 Å². The minimum absolute atomic E-state index is 0.191. The second-order valence-corrected chi connectivity index (χ2v) is 5.80. The van der Waals surface area contributed by atoms with E-state index in [0.717, 1.165) is 34.2 Å². The second kappa shape index (κ2) is 6.86. The largest absolute Gasteiger partial charge is 0.439 e. The van der Waals surface area contributed by atoms with E-state index in [-0.39, 0.29) is 6.04 Å². The van der Waals surface area contributed by atoms with Crippen molar-refractivity contribution in [3.05, 3.63) is 52.1 Å². The molecule has 0 radical (unpaired) electrons. The summed E-state index contributed by atoms with van der Waals surface area (Å²) in [7, 11) is 0. The van der Waals surface area contributed by atoms with Crippen LogP contribution in [0.4, 0.5) is 0 Å². The predicted octanol–water partition coefficient (Wildman–Crippen LogP) is 4.22. The Balaban J connectivity index is 2.09. The molecule has 0 aliphatic heterocycles. The molecule has 3 nitrogen and oxygen atoms in total. The molecule has 106 valence electrons. The van der Waals surface area contributed by atoms with Gasteiger partial charge in [0.25, 0.3) is 0 Å². The van der Waals surface area contributed by atoms with Crippen LogP contribution in [0, 0.1) is 6.92 Å². The van der Waals surface area contributed by atoms with E-state index in [1.807, 2.05) is 43.5 Å². The van der Waals surface area contributed by atoms with Crippen molar-refractivity contribution in [3.63, 3.8) is 0 Å². The third-order valence-corrected chi connectivity index (χ3v) is 3.68. The van der Waals surface area contributed by atoms with Crippen LogP contribution >= 0.6 is 15.9 Å². The Morgan fingerprint density at radius 3 is 2.75 bits per heavy atom. The van der Waals surface area contributed by atoms with Gasteiger partial charge < -0.3 is 10.5 Å². The Bertz CT molecular complexity index is 569. The number of pyridine rings is 1. The molecule has 4 heteroatoms. The third kappa shape index (κ3) is 4.05. The van der Waals surface area contributed by atoms with Crippen LogP contribution in [0.1, 0.15) is 24.5 Å². The summed E-state index contributed by atoms with van der Waals surface area (Å²) in [6.07, 6.45) is 3.65. The number of halogens is 1. The normalized spacial score (nSPS) is 12.2. The highest BCUT2D eigenvalue weighted by atomic mass is 79.9. The lowest BCUT2D eigenvalue weighted by molar-refractivity contribution is 0.458. The number of benzene rings is 1. The number of hydrogen-bond donors (Lipinski definition) is 1. The summed E-state index contributed by atoms with van der Waals surface area (Å²) in [6, 6.07) is 10.0. The van der Waals surface area contributed by atoms with Gasteiger partial charge in [-0.3, -0.25) is 0 Å². The Kier molecular flexibility index (Phi) is 5.15. The van der Waals surface area contributed by atoms with Crippen LogP contribution in [-0.4, -0.2) is 11.0 Å². The fraction of sp³-hybridized carbons (Fsp3) is 0.312. The summed E-state index contributed by atoms with van der Waals surface area (Å²) >= 11 is 3.44. The number of nitrogens with two attached hydrogens (primary N) is 1. The number of ether oxygens (including phenoxy) is 1. The SMILES string of the molecule is CCC(N)Cc1ccc(Oc2cc(Br)ccc2C)nc1. The topological polar surface area (TPSA) is 48.1 Å². The highest BCUT2D eigenvalue weighted by Crippen LogP contribution is 2.27. The first kappa shape index (κ1) is 15.0. The van der Waals surface area contributed by atoms with E-state index in [1.165, 1.54) is 0 Å². The van der Waals surface area contributed by atoms with Crippen molar-refractivity contribution < 1.29 is 4.74 Å². The van der Waals surface area contributed by atoms with Crippen LogP contribution in [0.5, 0.6) is 11.6 Å². The lowest BCUT2D eigenvalue weighted by atomic mass is 10.1. The average Bonchev–Trinajstić information content (AvgIpc) is 2.45. The number of aryl methyl sites for hydroxylation is 1. The Morgan fingerprint density at radius 1 is 1.30 bits per heavy atom. The van der Waals surface area contributed by atoms with Crippen molar-refractivity contribution in [2.24, 2.45) is 5.73 Å². The van der Waals surface area contributed by atoms with Gasteiger partial charge in [-0.25, -0.2) is 4.98 Å². The first-order chi connectivity index (χ1) is 9.58. The molecule has 20 heavy (non-hydrogen) atoms. The molecule has 0 saturated heterocycles. The summed E-state index contributed by atoms with van der Waals surface area (Å²) in [6.45, 7) is 4.10. The van der Waals surface area contributed by atoms with Crippen molar-refractivity contribution in [1.82, 2.24) is 4.98 Å². The van der Waals surface area contributed by atoms with Gasteiger partial charge in [0.05, 0.1) is 0 Å². The van der Waals surface area contributed by atoms with E-state index in [2.05, 4.69) is 27.8 Å². The highest BCUT2D eigenvalue weighted by molar-refractivity contribution is 9.10. The Labute approximate surface area is 128 Å². The van der Waals surface area contributed by atoms with Crippen molar-refractivity contribution in [3.8, 4) is 11.6 Å². The molecule has 1 atom stereocenters. The van der Waals surface area contributed by atoms with Crippen molar-refractivity contribution in [1.29, 1.82) is 0 Å². The molecule has 1 heterocycles. The lowest BCUT2D eigenvalue weighted by Crippen LogP contribution is -2.21. The molecule has 0 spiro atoms. The zero-order valence-electron chi connectivity index (χ0n) is 11.8. The first-order valence-corrected chi connectivity index (χ1v) is 7.52. The van der Waals surface area contributed by atoms with Crippen LogP contribution in [-0.2, 0) is 6.42 Å². The molecular formula is C16H19BrN2O. The van der Waals surface area contributed by atoms with Gasteiger partial charge in [-0.1, -0.05) is 35.0 Å². The molecular weight excluding hydrogens is 316 g/mol. The number of rotatable bonds is 5. The number of nitrogens with zero attached hydrogens (tertiary/aromatic N) is 1. The minimum Gasteiger partial charge on any atom is -0.439 e. The first-order valence-electron chi connectivity index (χ1n) is 6.73. The lowest BCUT2D eigenvalue weighted by Gasteiger charge is -2.10. The van der Waals surface area contributed by atoms with Gasteiger partial charge in [-0.15, -0.1) is 0 Å². The average molecular weight is 335 g/mol. The summed E-state index contributed by atoms with van der Waals surface area (Å²) < 4.78 is 6.79. The quantitative estimate of drug-likeness (QED) is 0.890. The van der Waals surface area contributed by atoms with Crippen LogP contribution in [0.2, 0.25) is 0 Å². The van der Waals surface area contributed by atoms with E-state index < -0.39 is 0 Å². The van der Waals surface area contributed by atoms with Crippen LogP contribution in [0.15, 0.2) is 41.0 Å². The number of hydrogen-bond acceptors (Lipinski definition) is 3. The van der Waals surface area contributed by atoms with Gasteiger partial charge in [0, 0.05) is 22.8 Å². The monoisotopic (exact) mass is 334 g/mol. The Morgan fingerprint density at radius 2 is 2.10 bits per heavy atom. The van der Waals surface area contributed by atoms with Crippen molar-refractivity contribution >= 4 is 15.9 Å². The van der Waals surface area contributed by atoms with E-state index in [1.54, 1.807) is 0 Å². The van der Waals surface area contributed by atoms with Crippen molar-refractivity contribution in [2.75, 3.05) is 0 Å². The molecule has 0 saturated carbocycles. The van der Waals surface area contributed by atoms with Gasteiger partial charge in [0.1, 0.15) is 5.75 Å². The summed E-state index contributed by atoms with van der Waals surface area (Å²) in [5.74, 6) is 1.41. The second-order valence-electron chi connectivity index (χ2n) is 4.89. The van der Waals surface area contributed by atoms with Gasteiger partial charge in [0.15, 0.2) is 0 Å². The van der Waals surface area contributed by atoms with Gasteiger partial charge in [0.2, 0.25) is 5.88 Å². The van der Waals surface area contributed by atoms with Crippen molar-refractivity contribution in [2.45, 2.75) is 32.7 Å². The summed E-state index contributed by atoms with van der Waals surface area (Å²) in [4.78, 5) is 4.34. The van der Waals surface area contributed by atoms with E-state index in [4.69, 9.17) is 10.5 Å². The van der Waals surface area contributed by atoms with Gasteiger partial charge in [-0.05, 0) is 43.0 Å². The predicted molar refractivity (Wildman–Crippen MR) is 85.2 cm³/mol. The fourth-order valence-corrected chi connectivity index (χ4v) is 2.18. The minimum atomic E-state index is 0.191. The van der Waals surface area contributed by atoms with E-state index in [9.17, 15) is 0 Å². The molecule has 1 aromatic carbocycles. The zero-order chi connectivity index (χ0) is 14.5. The van der Waals surface area contributed by atoms with Gasteiger partial charge in [-0.2, -0.15) is 0 Å². The molecule has 2 rings (SSSR count). The molecule has 0 aliphatic carbocycles. The molecule has 2 N–H and O–H groups in total. The molecule has 0 aliphatic rings. The maximum atomic E-state index is 5.94. The van der Waals surface area contributed by atoms with E-state index >= 15 is 0 Å². The molecule has 2 aromatic rings. The number of aromatic nitrogens is 1.